The van der Waals surface area contributed by atoms with Gasteiger partial charge in [0.2, 0.25) is 5.91 Å². The van der Waals surface area contributed by atoms with Crippen molar-refractivity contribution in [1.82, 2.24) is 10.2 Å². The number of nitrogens with zero attached hydrogens (tertiary/aromatic N) is 1. The second kappa shape index (κ2) is 8.59. The SMILES string of the molecule is COc1ccccc1[C@@H](CNC(=O)Cc1coc2ccc3ccccc3c12)N(C)C. The predicted octanol–water partition coefficient (Wildman–Crippen LogP) is 4.56. The largest absolute Gasteiger partial charge is 0.496 e. The maximum atomic E-state index is 12.8. The van der Waals surface area contributed by atoms with Crippen LogP contribution < -0.4 is 10.1 Å². The van der Waals surface area contributed by atoms with Crippen LogP contribution in [-0.2, 0) is 11.2 Å². The Balaban J connectivity index is 1.53. The lowest BCUT2D eigenvalue weighted by molar-refractivity contribution is -0.120. The number of hydrogen-bond acceptors (Lipinski definition) is 4. The maximum Gasteiger partial charge on any atom is 0.224 e. The van der Waals surface area contributed by atoms with E-state index in [1.807, 2.05) is 62.6 Å². The summed E-state index contributed by atoms with van der Waals surface area (Å²) >= 11 is 0. The number of para-hydroxylation sites is 1. The molecule has 0 unspecified atom stereocenters. The molecular weight excluding hydrogens is 376 g/mol. The molecule has 0 saturated heterocycles. The summed E-state index contributed by atoms with van der Waals surface area (Å²) in [5, 5.41) is 6.34. The number of fused-ring (bicyclic) bond motifs is 3. The quantitative estimate of drug-likeness (QED) is 0.493. The number of amides is 1. The van der Waals surface area contributed by atoms with Crippen molar-refractivity contribution >= 4 is 27.6 Å². The number of hydrogen-bond donors (Lipinski definition) is 1. The van der Waals surface area contributed by atoms with Crippen LogP contribution in [0.15, 0.2) is 71.3 Å². The number of carbonyl (C=O) groups excluding carboxylic acids is 1. The molecule has 1 amide bonds. The van der Waals surface area contributed by atoms with E-state index in [9.17, 15) is 4.79 Å². The van der Waals surface area contributed by atoms with Crippen LogP contribution in [0.2, 0.25) is 0 Å². The van der Waals surface area contributed by atoms with E-state index >= 15 is 0 Å². The van der Waals surface area contributed by atoms with Crippen LogP contribution in [0.3, 0.4) is 0 Å². The average molecular weight is 402 g/mol. The molecule has 1 N–H and O–H groups in total. The van der Waals surface area contributed by atoms with Gasteiger partial charge in [-0.05, 0) is 37.0 Å². The first-order valence-electron chi connectivity index (χ1n) is 10.0. The predicted molar refractivity (Wildman–Crippen MR) is 120 cm³/mol. The van der Waals surface area contributed by atoms with Crippen molar-refractivity contribution in [2.24, 2.45) is 0 Å². The van der Waals surface area contributed by atoms with Gasteiger partial charge in [-0.25, -0.2) is 0 Å². The molecule has 0 aliphatic carbocycles. The standard InChI is InChI=1S/C25H26N2O3/c1-27(2)21(20-10-6-7-11-22(20)29-3)15-26-24(28)14-18-16-30-23-13-12-17-8-4-5-9-19(17)25(18)23/h4-13,16,21H,14-15H2,1-3H3,(H,26,28)/t21-/m1/s1. The monoisotopic (exact) mass is 402 g/mol. The molecule has 5 nitrogen and oxygen atoms in total. The topological polar surface area (TPSA) is 54.7 Å². The fraction of sp³-hybridized carbons (Fsp3) is 0.240. The van der Waals surface area contributed by atoms with Gasteiger partial charge < -0.3 is 19.4 Å². The molecule has 154 valence electrons. The van der Waals surface area contributed by atoms with Crippen LogP contribution in [0, 0.1) is 0 Å². The normalized spacial score (nSPS) is 12.4. The van der Waals surface area contributed by atoms with E-state index in [0.29, 0.717) is 6.54 Å². The fourth-order valence-electron chi connectivity index (χ4n) is 3.96. The zero-order chi connectivity index (χ0) is 21.1. The third kappa shape index (κ3) is 3.89. The summed E-state index contributed by atoms with van der Waals surface area (Å²) in [4.78, 5) is 14.9. The van der Waals surface area contributed by atoms with E-state index in [-0.39, 0.29) is 18.4 Å². The van der Waals surface area contributed by atoms with Gasteiger partial charge in [-0.15, -0.1) is 0 Å². The van der Waals surface area contributed by atoms with Crippen molar-refractivity contribution in [2.75, 3.05) is 27.7 Å². The van der Waals surface area contributed by atoms with Gasteiger partial charge in [0.15, 0.2) is 0 Å². The van der Waals surface area contributed by atoms with Crippen LogP contribution in [0.4, 0.5) is 0 Å². The lowest BCUT2D eigenvalue weighted by atomic mass is 10.0. The Kier molecular flexibility index (Phi) is 5.72. The van der Waals surface area contributed by atoms with Gasteiger partial charge in [0, 0.05) is 23.1 Å². The minimum atomic E-state index is -0.0348. The highest BCUT2D eigenvalue weighted by atomic mass is 16.5. The van der Waals surface area contributed by atoms with E-state index in [0.717, 1.165) is 38.6 Å². The van der Waals surface area contributed by atoms with Crippen molar-refractivity contribution in [2.45, 2.75) is 12.5 Å². The lowest BCUT2D eigenvalue weighted by Gasteiger charge is -2.26. The van der Waals surface area contributed by atoms with Crippen molar-refractivity contribution in [3.05, 3.63) is 78.1 Å². The number of furan rings is 1. The Morgan fingerprint density at radius 3 is 2.63 bits per heavy atom. The number of methoxy groups -OCH3 is 1. The molecule has 3 aromatic carbocycles. The highest BCUT2D eigenvalue weighted by Crippen LogP contribution is 2.30. The first-order chi connectivity index (χ1) is 14.6. The van der Waals surface area contributed by atoms with Gasteiger partial charge >= 0.3 is 0 Å². The Morgan fingerprint density at radius 2 is 1.83 bits per heavy atom. The number of benzene rings is 3. The molecule has 0 fully saturated rings. The number of nitrogens with one attached hydrogen (secondary N) is 1. The highest BCUT2D eigenvalue weighted by Gasteiger charge is 2.20. The summed E-state index contributed by atoms with van der Waals surface area (Å²) in [6.45, 7) is 0.489. The molecule has 1 atom stereocenters. The molecule has 4 rings (SSSR count). The van der Waals surface area contributed by atoms with Crippen LogP contribution in [0.5, 0.6) is 5.75 Å². The van der Waals surface area contributed by atoms with E-state index in [4.69, 9.17) is 9.15 Å². The smallest absolute Gasteiger partial charge is 0.224 e. The summed E-state index contributed by atoms with van der Waals surface area (Å²) in [5.41, 5.74) is 2.75. The molecule has 0 radical (unpaired) electrons. The van der Waals surface area contributed by atoms with Crippen molar-refractivity contribution in [3.63, 3.8) is 0 Å². The summed E-state index contributed by atoms with van der Waals surface area (Å²) in [5.74, 6) is 0.783. The number of likely N-dealkylation sites (N-methyl/N-ethyl adjacent to an activating group) is 1. The lowest BCUT2D eigenvalue weighted by Crippen LogP contribution is -2.35. The number of rotatable bonds is 7. The molecule has 5 heteroatoms. The van der Waals surface area contributed by atoms with Crippen LogP contribution in [-0.4, -0.2) is 38.6 Å². The highest BCUT2D eigenvalue weighted by molar-refractivity contribution is 6.08. The van der Waals surface area contributed by atoms with Gasteiger partial charge in [-0.1, -0.05) is 48.5 Å². The maximum absolute atomic E-state index is 12.8. The van der Waals surface area contributed by atoms with Gasteiger partial charge in [-0.2, -0.15) is 0 Å². The van der Waals surface area contributed by atoms with Crippen molar-refractivity contribution < 1.29 is 13.9 Å². The van der Waals surface area contributed by atoms with E-state index < -0.39 is 0 Å². The zero-order valence-corrected chi connectivity index (χ0v) is 17.5. The second-order valence-corrected chi connectivity index (χ2v) is 7.62. The van der Waals surface area contributed by atoms with Crippen molar-refractivity contribution in [1.29, 1.82) is 0 Å². The third-order valence-corrected chi connectivity index (χ3v) is 5.50. The number of ether oxygens (including phenoxy) is 1. The molecule has 4 aromatic rings. The minimum Gasteiger partial charge on any atom is -0.496 e. The van der Waals surface area contributed by atoms with Crippen LogP contribution in [0.1, 0.15) is 17.2 Å². The zero-order valence-electron chi connectivity index (χ0n) is 17.5. The molecule has 0 aliphatic rings. The van der Waals surface area contributed by atoms with Crippen LogP contribution >= 0.6 is 0 Å². The Labute approximate surface area is 176 Å². The Morgan fingerprint density at radius 1 is 1.07 bits per heavy atom. The second-order valence-electron chi connectivity index (χ2n) is 7.62. The molecule has 30 heavy (non-hydrogen) atoms. The molecule has 0 spiro atoms. The summed E-state index contributed by atoms with van der Waals surface area (Å²) < 4.78 is 11.2. The molecule has 0 aliphatic heterocycles. The first-order valence-corrected chi connectivity index (χ1v) is 10.0. The molecule has 0 bridgehead atoms. The molecule has 1 heterocycles. The Hall–Kier alpha value is -3.31. The average Bonchev–Trinajstić information content (AvgIpc) is 3.17. The van der Waals surface area contributed by atoms with E-state index in [2.05, 4.69) is 22.3 Å². The molecule has 1 aromatic heterocycles. The third-order valence-electron chi connectivity index (χ3n) is 5.50. The summed E-state index contributed by atoms with van der Waals surface area (Å²) in [7, 11) is 5.66. The number of carbonyl (C=O) groups is 1. The van der Waals surface area contributed by atoms with E-state index in [1.54, 1.807) is 13.4 Å². The minimum absolute atomic E-state index is 0.00650. The van der Waals surface area contributed by atoms with Gasteiger partial charge in [-0.3, -0.25) is 4.79 Å². The fourth-order valence-corrected chi connectivity index (χ4v) is 3.96. The van der Waals surface area contributed by atoms with E-state index in [1.165, 1.54) is 0 Å². The van der Waals surface area contributed by atoms with Gasteiger partial charge in [0.25, 0.3) is 0 Å². The summed E-state index contributed by atoms with van der Waals surface area (Å²) in [6.07, 6.45) is 1.97. The van der Waals surface area contributed by atoms with Crippen molar-refractivity contribution in [3.8, 4) is 5.75 Å². The molecule has 0 saturated carbocycles. The summed E-state index contributed by atoms with van der Waals surface area (Å²) in [6, 6.07) is 20.1. The first kappa shape index (κ1) is 20.0. The van der Waals surface area contributed by atoms with Gasteiger partial charge in [0.1, 0.15) is 11.3 Å². The molecular formula is C25H26N2O3. The van der Waals surface area contributed by atoms with Crippen LogP contribution in [0.25, 0.3) is 21.7 Å². The van der Waals surface area contributed by atoms with Gasteiger partial charge in [0.05, 0.1) is 25.8 Å². The Bertz CT molecular complexity index is 1180.